The molecule has 158 valence electrons. The molecule has 2 fully saturated rings. The Morgan fingerprint density at radius 3 is 2.66 bits per heavy atom. The normalized spacial score (nSPS) is 24.9. The lowest BCUT2D eigenvalue weighted by molar-refractivity contribution is -0.137. The van der Waals surface area contributed by atoms with Gasteiger partial charge in [-0.1, -0.05) is 18.2 Å². The number of likely N-dealkylation sites (N-methyl/N-ethyl adjacent to an activating group) is 1. The Balaban J connectivity index is 1.45. The van der Waals surface area contributed by atoms with Crippen LogP contribution >= 0.6 is 0 Å². The lowest BCUT2D eigenvalue weighted by Gasteiger charge is -2.46. The van der Waals surface area contributed by atoms with E-state index in [0.717, 1.165) is 70.0 Å². The Morgan fingerprint density at radius 2 is 1.93 bits per heavy atom. The van der Waals surface area contributed by atoms with Crippen molar-refractivity contribution in [2.45, 2.75) is 38.8 Å². The first-order chi connectivity index (χ1) is 14.0. The molecule has 2 aliphatic rings. The number of nitrogens with zero attached hydrogens (tertiary/aromatic N) is 3. The van der Waals surface area contributed by atoms with Gasteiger partial charge < -0.3 is 14.4 Å². The van der Waals surface area contributed by atoms with E-state index in [1.807, 2.05) is 12.1 Å². The zero-order valence-electron chi connectivity index (χ0n) is 17.6. The van der Waals surface area contributed by atoms with E-state index in [9.17, 15) is 9.90 Å². The van der Waals surface area contributed by atoms with E-state index in [2.05, 4.69) is 40.8 Å². The van der Waals surface area contributed by atoms with Crippen LogP contribution in [-0.4, -0.2) is 78.1 Å². The van der Waals surface area contributed by atoms with Crippen molar-refractivity contribution >= 4 is 16.9 Å². The predicted octanol–water partition coefficient (Wildman–Crippen LogP) is 3.04. The van der Waals surface area contributed by atoms with Crippen molar-refractivity contribution in [1.82, 2.24) is 14.7 Å². The van der Waals surface area contributed by atoms with Crippen molar-refractivity contribution in [3.05, 3.63) is 35.6 Å². The van der Waals surface area contributed by atoms with Crippen LogP contribution in [0.2, 0.25) is 0 Å². The SMILES string of the molecule is Cc1c(CN2CC[C@@H](N3CCN(C)CC3)[C@@H](CCC(=O)O)C2)oc2ccccc12. The van der Waals surface area contributed by atoms with Gasteiger partial charge in [0.15, 0.2) is 0 Å². The number of fused-ring (bicyclic) bond motifs is 1. The number of carboxylic acids is 1. The molecule has 1 aromatic carbocycles. The fourth-order valence-electron chi connectivity index (χ4n) is 5.04. The number of hydrogen-bond acceptors (Lipinski definition) is 5. The fraction of sp³-hybridized carbons (Fsp3) is 0.609. The second kappa shape index (κ2) is 8.86. The highest BCUT2D eigenvalue weighted by Crippen LogP contribution is 2.30. The summed E-state index contributed by atoms with van der Waals surface area (Å²) in [6, 6.07) is 8.71. The van der Waals surface area contributed by atoms with Gasteiger partial charge in [-0.05, 0) is 44.4 Å². The molecule has 0 saturated carbocycles. The third-order valence-corrected chi connectivity index (χ3v) is 6.82. The third kappa shape index (κ3) is 4.65. The predicted molar refractivity (Wildman–Crippen MR) is 114 cm³/mol. The highest BCUT2D eigenvalue weighted by Gasteiger charge is 2.35. The Kier molecular flexibility index (Phi) is 6.23. The van der Waals surface area contributed by atoms with E-state index >= 15 is 0 Å². The minimum Gasteiger partial charge on any atom is -0.481 e. The molecule has 0 aliphatic carbocycles. The average Bonchev–Trinajstić information content (AvgIpc) is 3.03. The number of para-hydroxylation sites is 1. The summed E-state index contributed by atoms with van der Waals surface area (Å²) in [7, 11) is 2.18. The number of rotatable bonds is 6. The van der Waals surface area contributed by atoms with Gasteiger partial charge >= 0.3 is 5.97 Å². The quantitative estimate of drug-likeness (QED) is 0.806. The minimum absolute atomic E-state index is 0.256. The number of hydrogen-bond donors (Lipinski definition) is 1. The standard InChI is InChI=1S/C23H33N3O3/c1-17-19-5-3-4-6-21(19)29-22(17)16-25-10-9-20(18(15-25)7-8-23(27)28)26-13-11-24(2)12-14-26/h3-6,18,20H,7-16H2,1-2H3,(H,27,28)/t18-,20+/m0/s1. The van der Waals surface area contributed by atoms with E-state index < -0.39 is 5.97 Å². The third-order valence-electron chi connectivity index (χ3n) is 6.82. The highest BCUT2D eigenvalue weighted by atomic mass is 16.4. The second-order valence-electron chi connectivity index (χ2n) is 8.77. The van der Waals surface area contributed by atoms with Gasteiger partial charge in [0.2, 0.25) is 0 Å². The van der Waals surface area contributed by atoms with Gasteiger partial charge in [0.1, 0.15) is 11.3 Å². The topological polar surface area (TPSA) is 60.2 Å². The van der Waals surface area contributed by atoms with Crippen molar-refractivity contribution in [1.29, 1.82) is 0 Å². The Labute approximate surface area is 173 Å². The Bertz CT molecular complexity index is 841. The van der Waals surface area contributed by atoms with E-state index in [1.54, 1.807) is 0 Å². The number of benzene rings is 1. The van der Waals surface area contributed by atoms with Crippen LogP contribution < -0.4 is 0 Å². The van der Waals surface area contributed by atoms with Crippen LogP contribution in [0.3, 0.4) is 0 Å². The summed E-state index contributed by atoms with van der Waals surface area (Å²) >= 11 is 0. The summed E-state index contributed by atoms with van der Waals surface area (Å²) in [5, 5.41) is 10.4. The van der Waals surface area contributed by atoms with Gasteiger partial charge in [0.05, 0.1) is 6.54 Å². The zero-order valence-corrected chi connectivity index (χ0v) is 17.6. The maximum Gasteiger partial charge on any atom is 0.303 e. The van der Waals surface area contributed by atoms with Crippen LogP contribution in [0.5, 0.6) is 0 Å². The van der Waals surface area contributed by atoms with Crippen molar-refractivity contribution in [2.24, 2.45) is 5.92 Å². The van der Waals surface area contributed by atoms with E-state index in [-0.39, 0.29) is 6.42 Å². The summed E-state index contributed by atoms with van der Waals surface area (Å²) in [5.41, 5.74) is 2.18. The molecule has 2 atom stereocenters. The summed E-state index contributed by atoms with van der Waals surface area (Å²) in [4.78, 5) is 18.7. The summed E-state index contributed by atoms with van der Waals surface area (Å²) in [6.45, 7) is 9.31. The maximum absolute atomic E-state index is 11.2. The van der Waals surface area contributed by atoms with Gasteiger partial charge in [0, 0.05) is 57.1 Å². The lowest BCUT2D eigenvalue weighted by Crippen LogP contribution is -2.56. The van der Waals surface area contributed by atoms with Crippen LogP contribution in [0.25, 0.3) is 11.0 Å². The van der Waals surface area contributed by atoms with E-state index in [1.165, 1.54) is 10.9 Å². The van der Waals surface area contributed by atoms with Gasteiger partial charge in [-0.3, -0.25) is 14.6 Å². The average molecular weight is 400 g/mol. The first-order valence-corrected chi connectivity index (χ1v) is 10.8. The molecule has 0 unspecified atom stereocenters. The van der Waals surface area contributed by atoms with E-state index in [4.69, 9.17) is 4.42 Å². The number of carboxylic acid groups (broad SMARTS) is 1. The number of aryl methyl sites for hydroxylation is 1. The molecule has 0 spiro atoms. The van der Waals surface area contributed by atoms with Crippen LogP contribution in [-0.2, 0) is 11.3 Å². The molecular formula is C23H33N3O3. The van der Waals surface area contributed by atoms with Crippen molar-refractivity contribution in [3.8, 4) is 0 Å². The molecule has 0 bridgehead atoms. The number of carbonyl (C=O) groups is 1. The molecular weight excluding hydrogens is 366 g/mol. The summed E-state index contributed by atoms with van der Waals surface area (Å²) < 4.78 is 6.14. The van der Waals surface area contributed by atoms with Gasteiger partial charge in [-0.25, -0.2) is 0 Å². The van der Waals surface area contributed by atoms with Crippen molar-refractivity contribution < 1.29 is 14.3 Å². The molecule has 3 heterocycles. The fourth-order valence-corrected chi connectivity index (χ4v) is 5.04. The molecule has 4 rings (SSSR count). The van der Waals surface area contributed by atoms with Gasteiger partial charge in [-0.15, -0.1) is 0 Å². The van der Waals surface area contributed by atoms with Crippen molar-refractivity contribution in [3.63, 3.8) is 0 Å². The maximum atomic E-state index is 11.2. The first-order valence-electron chi connectivity index (χ1n) is 10.8. The number of piperidine rings is 1. The first kappa shape index (κ1) is 20.4. The molecule has 2 aliphatic heterocycles. The molecule has 1 aromatic heterocycles. The Hall–Kier alpha value is -1.89. The van der Waals surface area contributed by atoms with Gasteiger partial charge in [-0.2, -0.15) is 0 Å². The number of furan rings is 1. The summed E-state index contributed by atoms with van der Waals surface area (Å²) in [5.74, 6) is 0.751. The van der Waals surface area contributed by atoms with Crippen LogP contribution in [0, 0.1) is 12.8 Å². The largest absolute Gasteiger partial charge is 0.481 e. The van der Waals surface area contributed by atoms with Crippen molar-refractivity contribution in [2.75, 3.05) is 46.3 Å². The lowest BCUT2D eigenvalue weighted by atomic mass is 9.86. The monoisotopic (exact) mass is 399 g/mol. The van der Waals surface area contributed by atoms with Crippen LogP contribution in [0.4, 0.5) is 0 Å². The molecule has 2 saturated heterocycles. The number of piperazine rings is 1. The minimum atomic E-state index is -0.688. The van der Waals surface area contributed by atoms with Crippen LogP contribution in [0.1, 0.15) is 30.6 Å². The molecule has 6 nitrogen and oxygen atoms in total. The highest BCUT2D eigenvalue weighted by molar-refractivity contribution is 5.81. The smallest absolute Gasteiger partial charge is 0.303 e. The Morgan fingerprint density at radius 1 is 1.17 bits per heavy atom. The van der Waals surface area contributed by atoms with Crippen LogP contribution in [0.15, 0.2) is 28.7 Å². The molecule has 29 heavy (non-hydrogen) atoms. The number of likely N-dealkylation sites (tertiary alicyclic amines) is 1. The second-order valence-corrected chi connectivity index (χ2v) is 8.77. The number of aliphatic carboxylic acids is 1. The van der Waals surface area contributed by atoms with Gasteiger partial charge in [0.25, 0.3) is 0 Å². The molecule has 1 N–H and O–H groups in total. The molecule has 6 heteroatoms. The zero-order chi connectivity index (χ0) is 20.4. The summed E-state index contributed by atoms with van der Waals surface area (Å²) in [6.07, 6.45) is 2.11. The van der Waals surface area contributed by atoms with E-state index in [0.29, 0.717) is 12.0 Å². The molecule has 0 amide bonds. The molecule has 2 aromatic rings. The molecule has 0 radical (unpaired) electrons.